The lowest BCUT2D eigenvalue weighted by Crippen LogP contribution is -1.98. The highest BCUT2D eigenvalue weighted by atomic mass is 35.5. The molecule has 0 aliphatic rings. The summed E-state index contributed by atoms with van der Waals surface area (Å²) in [6.07, 6.45) is 5.53. The number of benzene rings is 1. The van der Waals surface area contributed by atoms with Crippen molar-refractivity contribution in [2.75, 3.05) is 5.73 Å². The second-order valence-electron chi connectivity index (χ2n) is 3.04. The molecule has 0 aromatic heterocycles. The molecule has 0 amide bonds. The molecule has 3 heteroatoms. The maximum atomic E-state index is 9.70. The lowest BCUT2D eigenvalue weighted by atomic mass is 10.0. The van der Waals surface area contributed by atoms with Crippen molar-refractivity contribution in [3.8, 4) is 12.3 Å². The monoisotopic (exact) mass is 209 g/mol. The maximum absolute atomic E-state index is 9.70. The molecule has 0 spiro atoms. The number of terminal acetylenes is 1. The molecule has 0 aliphatic heterocycles. The average Bonchev–Trinajstić information content (AvgIpc) is 2.14. The van der Waals surface area contributed by atoms with Gasteiger partial charge < -0.3 is 10.8 Å². The van der Waals surface area contributed by atoms with Gasteiger partial charge in [0.2, 0.25) is 0 Å². The Bertz CT molecular complexity index is 357. The predicted molar refractivity (Wildman–Crippen MR) is 58.9 cm³/mol. The van der Waals surface area contributed by atoms with E-state index < -0.39 is 6.10 Å². The number of hydrogen-bond acceptors (Lipinski definition) is 2. The summed E-state index contributed by atoms with van der Waals surface area (Å²) < 4.78 is 0. The highest BCUT2D eigenvalue weighted by Crippen LogP contribution is 2.27. The summed E-state index contributed by atoms with van der Waals surface area (Å²) >= 11 is 5.91. The average molecular weight is 210 g/mol. The van der Waals surface area contributed by atoms with Gasteiger partial charge in [-0.05, 0) is 24.1 Å². The van der Waals surface area contributed by atoms with Crippen molar-refractivity contribution < 1.29 is 5.11 Å². The summed E-state index contributed by atoms with van der Waals surface area (Å²) in [5, 5.41) is 10.2. The van der Waals surface area contributed by atoms with Crippen LogP contribution in [0, 0.1) is 12.3 Å². The van der Waals surface area contributed by atoms with Gasteiger partial charge in [0.05, 0.1) is 6.10 Å². The van der Waals surface area contributed by atoms with E-state index >= 15 is 0 Å². The molecule has 1 unspecified atom stereocenters. The van der Waals surface area contributed by atoms with Gasteiger partial charge >= 0.3 is 0 Å². The number of hydrogen-bond donors (Lipinski definition) is 2. The Morgan fingerprint density at radius 3 is 2.86 bits per heavy atom. The Hall–Kier alpha value is -1.17. The second kappa shape index (κ2) is 4.90. The van der Waals surface area contributed by atoms with Crippen LogP contribution in [0.5, 0.6) is 0 Å². The number of nitrogen functional groups attached to an aromatic ring is 1. The molecule has 0 saturated carbocycles. The van der Waals surface area contributed by atoms with Crippen molar-refractivity contribution in [3.63, 3.8) is 0 Å². The molecule has 0 fully saturated rings. The summed E-state index contributed by atoms with van der Waals surface area (Å²) in [5.74, 6) is 2.47. The number of rotatable bonds is 3. The summed E-state index contributed by atoms with van der Waals surface area (Å²) in [6.45, 7) is 0. The lowest BCUT2D eigenvalue weighted by molar-refractivity contribution is 0.169. The van der Waals surface area contributed by atoms with Gasteiger partial charge in [0.25, 0.3) is 0 Å². The number of anilines is 1. The zero-order chi connectivity index (χ0) is 10.6. The molecule has 1 aromatic rings. The summed E-state index contributed by atoms with van der Waals surface area (Å²) in [4.78, 5) is 0. The molecule has 0 saturated heterocycles. The van der Waals surface area contributed by atoms with Gasteiger partial charge in [-0.25, -0.2) is 0 Å². The normalized spacial score (nSPS) is 12.1. The van der Waals surface area contributed by atoms with E-state index in [2.05, 4.69) is 5.92 Å². The van der Waals surface area contributed by atoms with Crippen LogP contribution in [-0.2, 0) is 0 Å². The first-order chi connectivity index (χ1) is 6.65. The quantitative estimate of drug-likeness (QED) is 0.593. The number of nitrogens with two attached hydrogens (primary N) is 1. The first-order valence-electron chi connectivity index (χ1n) is 4.31. The summed E-state index contributed by atoms with van der Waals surface area (Å²) in [5.41, 5.74) is 6.79. The van der Waals surface area contributed by atoms with Crippen molar-refractivity contribution in [2.24, 2.45) is 0 Å². The van der Waals surface area contributed by atoms with E-state index in [-0.39, 0.29) is 0 Å². The van der Waals surface area contributed by atoms with E-state index in [0.29, 0.717) is 29.1 Å². The van der Waals surface area contributed by atoms with E-state index in [1.165, 1.54) is 0 Å². The molecule has 1 rings (SSSR count). The molecular formula is C11H12ClNO. The minimum absolute atomic E-state index is 0.481. The van der Waals surface area contributed by atoms with Crippen LogP contribution in [0.3, 0.4) is 0 Å². The fourth-order valence-corrected chi connectivity index (χ4v) is 1.50. The van der Waals surface area contributed by atoms with Crippen LogP contribution in [0.1, 0.15) is 24.5 Å². The maximum Gasteiger partial charge on any atom is 0.0813 e. The largest absolute Gasteiger partial charge is 0.399 e. The molecule has 0 bridgehead atoms. The van der Waals surface area contributed by atoms with Crippen LogP contribution >= 0.6 is 11.6 Å². The first kappa shape index (κ1) is 10.9. The van der Waals surface area contributed by atoms with Crippen LogP contribution in [0.15, 0.2) is 18.2 Å². The van der Waals surface area contributed by atoms with E-state index in [9.17, 15) is 5.11 Å². The molecule has 1 aromatic carbocycles. The fraction of sp³-hybridized carbons (Fsp3) is 0.273. The first-order valence-corrected chi connectivity index (χ1v) is 4.69. The van der Waals surface area contributed by atoms with E-state index in [4.69, 9.17) is 23.8 Å². The van der Waals surface area contributed by atoms with Gasteiger partial charge in [0.15, 0.2) is 0 Å². The Balaban J connectivity index is 2.80. The smallest absolute Gasteiger partial charge is 0.0813 e. The Morgan fingerprint density at radius 1 is 1.57 bits per heavy atom. The van der Waals surface area contributed by atoms with Crippen LogP contribution in [0.2, 0.25) is 5.02 Å². The fourth-order valence-electron chi connectivity index (χ4n) is 1.19. The summed E-state index contributed by atoms with van der Waals surface area (Å²) in [7, 11) is 0. The van der Waals surface area contributed by atoms with Crippen molar-refractivity contribution in [3.05, 3.63) is 28.8 Å². The third-order valence-electron chi connectivity index (χ3n) is 1.95. The van der Waals surface area contributed by atoms with Gasteiger partial charge in [-0.1, -0.05) is 17.7 Å². The summed E-state index contributed by atoms with van der Waals surface area (Å²) in [6, 6.07) is 5.05. The molecule has 2 nitrogen and oxygen atoms in total. The van der Waals surface area contributed by atoms with Crippen LogP contribution < -0.4 is 5.73 Å². The molecule has 0 heterocycles. The molecule has 0 radical (unpaired) electrons. The Morgan fingerprint density at radius 2 is 2.29 bits per heavy atom. The van der Waals surface area contributed by atoms with E-state index in [0.717, 1.165) is 0 Å². The highest BCUT2D eigenvalue weighted by molar-refractivity contribution is 6.31. The van der Waals surface area contributed by atoms with Gasteiger partial charge in [-0.15, -0.1) is 12.3 Å². The zero-order valence-corrected chi connectivity index (χ0v) is 8.46. The van der Waals surface area contributed by atoms with Crippen LogP contribution in [0.25, 0.3) is 0 Å². The van der Waals surface area contributed by atoms with Crippen LogP contribution in [0.4, 0.5) is 5.69 Å². The molecule has 3 N–H and O–H groups in total. The van der Waals surface area contributed by atoms with Crippen LogP contribution in [-0.4, -0.2) is 5.11 Å². The SMILES string of the molecule is C#CCCC(O)c1ccc(N)cc1Cl. The molecule has 1 atom stereocenters. The molecule has 14 heavy (non-hydrogen) atoms. The van der Waals surface area contributed by atoms with Gasteiger partial charge in [0, 0.05) is 17.1 Å². The zero-order valence-electron chi connectivity index (χ0n) is 7.70. The van der Waals surface area contributed by atoms with Gasteiger partial charge in [-0.3, -0.25) is 0 Å². The third-order valence-corrected chi connectivity index (χ3v) is 2.27. The molecule has 0 aliphatic carbocycles. The standard InChI is InChI=1S/C11H12ClNO/c1-2-3-4-11(14)9-6-5-8(13)7-10(9)12/h1,5-7,11,14H,3-4,13H2. The predicted octanol–water partition coefficient (Wildman–Crippen LogP) is 2.37. The van der Waals surface area contributed by atoms with Gasteiger partial charge in [-0.2, -0.15) is 0 Å². The van der Waals surface area contributed by atoms with Crippen molar-refractivity contribution in [1.82, 2.24) is 0 Å². The van der Waals surface area contributed by atoms with E-state index in [1.54, 1.807) is 18.2 Å². The molecule has 74 valence electrons. The second-order valence-corrected chi connectivity index (χ2v) is 3.45. The minimum Gasteiger partial charge on any atom is -0.399 e. The Labute approximate surface area is 88.7 Å². The van der Waals surface area contributed by atoms with Gasteiger partial charge in [0.1, 0.15) is 0 Å². The minimum atomic E-state index is -0.612. The number of aliphatic hydroxyl groups excluding tert-OH is 1. The number of aliphatic hydroxyl groups is 1. The highest BCUT2D eigenvalue weighted by Gasteiger charge is 2.10. The lowest BCUT2D eigenvalue weighted by Gasteiger charge is -2.11. The van der Waals surface area contributed by atoms with Crippen molar-refractivity contribution in [2.45, 2.75) is 18.9 Å². The van der Waals surface area contributed by atoms with Crippen molar-refractivity contribution in [1.29, 1.82) is 0 Å². The van der Waals surface area contributed by atoms with Crippen molar-refractivity contribution >= 4 is 17.3 Å². The third kappa shape index (κ3) is 2.66. The number of halogens is 1. The molecular weight excluding hydrogens is 198 g/mol. The van der Waals surface area contributed by atoms with E-state index in [1.807, 2.05) is 0 Å². The topological polar surface area (TPSA) is 46.2 Å². The Kier molecular flexibility index (Phi) is 3.82.